The van der Waals surface area contributed by atoms with Crippen LogP contribution in [0.15, 0.2) is 48.2 Å². The fourth-order valence-electron chi connectivity index (χ4n) is 3.56. The van der Waals surface area contributed by atoms with E-state index in [1.165, 1.54) is 13.2 Å². The van der Waals surface area contributed by atoms with E-state index in [4.69, 9.17) is 16.3 Å². The summed E-state index contributed by atoms with van der Waals surface area (Å²) in [5, 5.41) is 0.319. The van der Waals surface area contributed by atoms with Crippen molar-refractivity contribution in [3.8, 4) is 0 Å². The molecule has 0 amide bonds. The number of halogens is 2. The average molecular weight is 464 g/mol. The monoisotopic (exact) mass is 463 g/mol. The molecule has 176 valence electrons. The fourth-order valence-corrected chi connectivity index (χ4v) is 3.72. The van der Waals surface area contributed by atoms with Gasteiger partial charge in [-0.25, -0.2) is 9.18 Å². The molecule has 2 atom stereocenters. The van der Waals surface area contributed by atoms with Gasteiger partial charge in [-0.05, 0) is 50.9 Å². The van der Waals surface area contributed by atoms with Crippen LogP contribution in [0.1, 0.15) is 57.0 Å². The van der Waals surface area contributed by atoms with Crippen LogP contribution < -0.4 is 0 Å². The Labute approximate surface area is 196 Å². The number of ether oxygens (including phenoxy) is 1. The van der Waals surface area contributed by atoms with Crippen molar-refractivity contribution in [3.63, 3.8) is 0 Å². The van der Waals surface area contributed by atoms with E-state index in [2.05, 4.69) is 23.5 Å². The summed E-state index contributed by atoms with van der Waals surface area (Å²) in [7, 11) is 1.32. The fraction of sp³-hybridized carbons (Fsp3) is 0.440. The highest BCUT2D eigenvalue weighted by Crippen LogP contribution is 2.31. The quantitative estimate of drug-likeness (QED) is 0.416. The molecule has 1 saturated heterocycles. The van der Waals surface area contributed by atoms with Gasteiger partial charge in [0.15, 0.2) is 0 Å². The number of benzene rings is 1. The van der Waals surface area contributed by atoms with Gasteiger partial charge in [0.25, 0.3) is 0 Å². The molecule has 2 heterocycles. The van der Waals surface area contributed by atoms with E-state index >= 15 is 0 Å². The summed E-state index contributed by atoms with van der Waals surface area (Å²) < 4.78 is 18.8. The Hall–Kier alpha value is -2.44. The van der Waals surface area contributed by atoms with E-state index in [0.717, 1.165) is 36.5 Å². The molecule has 2 unspecified atom stereocenters. The number of aromatic amines is 1. The van der Waals surface area contributed by atoms with Crippen LogP contribution in [0.25, 0.3) is 0 Å². The minimum Gasteiger partial charge on any atom is -0.468 e. The summed E-state index contributed by atoms with van der Waals surface area (Å²) in [6.07, 6.45) is 4.47. The summed E-state index contributed by atoms with van der Waals surface area (Å²) in [6.45, 7) is 15.2. The molecule has 1 aliphatic rings. The highest BCUT2D eigenvalue weighted by molar-refractivity contribution is 6.30. The second kappa shape index (κ2) is 13.9. The van der Waals surface area contributed by atoms with Crippen molar-refractivity contribution in [2.45, 2.75) is 47.1 Å². The smallest absolute Gasteiger partial charge is 0.327 e. The average Bonchev–Trinajstić information content (AvgIpc) is 3.40. The molecule has 0 spiro atoms. The lowest BCUT2D eigenvalue weighted by molar-refractivity contribution is -0.147. The predicted molar refractivity (Wildman–Crippen MR) is 131 cm³/mol. The summed E-state index contributed by atoms with van der Waals surface area (Å²) in [5.41, 5.74) is 3.63. The van der Waals surface area contributed by atoms with Crippen LogP contribution in [0.5, 0.6) is 0 Å². The van der Waals surface area contributed by atoms with Gasteiger partial charge < -0.3 is 9.72 Å². The molecular weight excluding hydrogens is 429 g/mol. The Kier molecular flexibility index (Phi) is 12.0. The molecule has 0 aliphatic carbocycles. The minimum atomic E-state index is -0.688. The number of rotatable bonds is 5. The number of aliphatic imine (C=N–C) groups is 1. The number of carbonyl (C=O) groups excluding carboxylic acids is 1. The van der Waals surface area contributed by atoms with Crippen molar-refractivity contribution < 1.29 is 13.9 Å². The van der Waals surface area contributed by atoms with E-state index < -0.39 is 17.8 Å². The maximum Gasteiger partial charge on any atom is 0.327 e. The first-order valence-electron chi connectivity index (χ1n) is 10.8. The minimum absolute atomic E-state index is 0.319. The Bertz CT molecular complexity index is 910. The van der Waals surface area contributed by atoms with Crippen LogP contribution in [0.3, 0.4) is 0 Å². The third-order valence-electron chi connectivity index (χ3n) is 5.13. The van der Waals surface area contributed by atoms with Gasteiger partial charge in [-0.15, -0.1) is 0 Å². The van der Waals surface area contributed by atoms with E-state index in [1.54, 1.807) is 18.3 Å². The van der Waals surface area contributed by atoms with Crippen molar-refractivity contribution in [3.05, 3.63) is 70.9 Å². The van der Waals surface area contributed by atoms with Gasteiger partial charge in [-0.3, -0.25) is 9.89 Å². The number of aryl methyl sites for hydroxylation is 1. The van der Waals surface area contributed by atoms with Crippen molar-refractivity contribution in [2.24, 2.45) is 10.9 Å². The van der Waals surface area contributed by atoms with E-state index in [9.17, 15) is 9.18 Å². The molecule has 3 rings (SSSR count). The Morgan fingerprint density at radius 1 is 1.41 bits per heavy atom. The molecule has 1 aliphatic heterocycles. The number of esters is 1. The number of nitrogens with one attached hydrogen (secondary N) is 1. The summed E-state index contributed by atoms with van der Waals surface area (Å²) in [6, 6.07) is 5.70. The highest BCUT2D eigenvalue weighted by atomic mass is 35.5. The summed E-state index contributed by atoms with van der Waals surface area (Å²) >= 11 is 5.75. The summed E-state index contributed by atoms with van der Waals surface area (Å²) in [4.78, 5) is 21.1. The standard InChI is InChI=1S/C14H17ClFNO2.C9H12N2.C2H6/c1-9-5-6-17(8-9)13(14(18)19-2)11-4-3-10(15)7-12(11)16;1-4-10-7(2)9-5-6-11-8(9)3;1-2/h3-4,7,9,13H,5-6,8H2,1-2H3;4-6,11H,1H2,2-3H3;1-2H3. The van der Waals surface area contributed by atoms with Gasteiger partial charge in [-0.1, -0.05) is 45.0 Å². The molecule has 5 nitrogen and oxygen atoms in total. The van der Waals surface area contributed by atoms with Crippen LogP contribution in [-0.4, -0.2) is 41.8 Å². The van der Waals surface area contributed by atoms with E-state index in [1.807, 2.05) is 44.9 Å². The van der Waals surface area contributed by atoms with Crippen LogP contribution in [0.4, 0.5) is 4.39 Å². The molecule has 7 heteroatoms. The predicted octanol–water partition coefficient (Wildman–Crippen LogP) is 6.34. The van der Waals surface area contributed by atoms with Crippen LogP contribution in [0.2, 0.25) is 5.02 Å². The zero-order valence-electron chi connectivity index (χ0n) is 19.9. The zero-order valence-corrected chi connectivity index (χ0v) is 20.7. The molecule has 0 saturated carbocycles. The maximum atomic E-state index is 14.0. The van der Waals surface area contributed by atoms with Gasteiger partial charge >= 0.3 is 5.97 Å². The Morgan fingerprint density at radius 3 is 2.56 bits per heavy atom. The molecule has 1 N–H and O–H groups in total. The first kappa shape index (κ1) is 27.6. The molecule has 0 bridgehead atoms. The van der Waals surface area contributed by atoms with E-state index in [0.29, 0.717) is 16.5 Å². The second-order valence-electron chi connectivity index (χ2n) is 7.39. The van der Waals surface area contributed by atoms with Crippen LogP contribution in [0, 0.1) is 18.7 Å². The van der Waals surface area contributed by atoms with Gasteiger partial charge in [0.1, 0.15) is 11.9 Å². The number of likely N-dealkylation sites (tertiary alicyclic amines) is 1. The van der Waals surface area contributed by atoms with Gasteiger partial charge in [0.2, 0.25) is 0 Å². The van der Waals surface area contributed by atoms with Crippen molar-refractivity contribution in [1.82, 2.24) is 9.88 Å². The molecule has 1 aromatic carbocycles. The lowest BCUT2D eigenvalue weighted by Gasteiger charge is -2.26. The number of H-pyrrole nitrogens is 1. The first-order valence-corrected chi connectivity index (χ1v) is 11.2. The van der Waals surface area contributed by atoms with Crippen LogP contribution in [-0.2, 0) is 9.53 Å². The third-order valence-corrected chi connectivity index (χ3v) is 5.37. The topological polar surface area (TPSA) is 57.7 Å². The highest BCUT2D eigenvalue weighted by Gasteiger charge is 2.34. The van der Waals surface area contributed by atoms with Gasteiger partial charge in [0, 0.05) is 46.5 Å². The number of aromatic nitrogens is 1. The normalized spacial score (nSPS) is 16.9. The first-order chi connectivity index (χ1) is 15.3. The molecule has 0 radical (unpaired) electrons. The third kappa shape index (κ3) is 7.61. The molecule has 1 aromatic heterocycles. The lowest BCUT2D eigenvalue weighted by atomic mass is 10.0. The number of carbonyl (C=O) groups is 1. The molecule has 2 aromatic rings. The SMILES string of the molecule is C=CN=C(C)c1cc[nH]c1C.CC.COC(=O)C(c1ccc(Cl)cc1F)N1CCC(C)C1. The lowest BCUT2D eigenvalue weighted by Crippen LogP contribution is -2.33. The molecule has 32 heavy (non-hydrogen) atoms. The molecular formula is C25H35ClFN3O2. The van der Waals surface area contributed by atoms with E-state index in [-0.39, 0.29) is 0 Å². The number of methoxy groups -OCH3 is 1. The van der Waals surface area contributed by atoms with Gasteiger partial charge in [0.05, 0.1) is 7.11 Å². The number of nitrogens with zero attached hydrogens (tertiary/aromatic N) is 2. The second-order valence-corrected chi connectivity index (χ2v) is 7.83. The van der Waals surface area contributed by atoms with Crippen molar-refractivity contribution in [2.75, 3.05) is 20.2 Å². The maximum absolute atomic E-state index is 14.0. The van der Waals surface area contributed by atoms with Gasteiger partial charge in [-0.2, -0.15) is 0 Å². The van der Waals surface area contributed by atoms with Crippen molar-refractivity contribution >= 4 is 23.3 Å². The Balaban J connectivity index is 0.000000335. The zero-order chi connectivity index (χ0) is 24.3. The van der Waals surface area contributed by atoms with Crippen molar-refractivity contribution in [1.29, 1.82) is 0 Å². The Morgan fingerprint density at radius 2 is 2.09 bits per heavy atom. The number of hydrogen-bond donors (Lipinski definition) is 1. The van der Waals surface area contributed by atoms with Crippen LogP contribution >= 0.6 is 11.6 Å². The largest absolute Gasteiger partial charge is 0.468 e. The number of hydrogen-bond acceptors (Lipinski definition) is 4. The molecule has 1 fully saturated rings. The summed E-state index contributed by atoms with van der Waals surface area (Å²) in [5.74, 6) is -0.403.